The number of rotatable bonds is 4. The molecule has 1 saturated carbocycles. The summed E-state index contributed by atoms with van der Waals surface area (Å²) in [7, 11) is 0. The lowest BCUT2D eigenvalue weighted by molar-refractivity contribution is 0.0179. The first-order chi connectivity index (χ1) is 11.4. The third kappa shape index (κ3) is 3.59. The van der Waals surface area contributed by atoms with Crippen molar-refractivity contribution >= 4 is 33.0 Å². The molecule has 2 aliphatic carbocycles. The van der Waals surface area contributed by atoms with Gasteiger partial charge in [-0.1, -0.05) is 26.4 Å². The fourth-order valence-corrected chi connectivity index (χ4v) is 5.00. The van der Waals surface area contributed by atoms with E-state index in [1.807, 2.05) is 13.8 Å². The van der Waals surface area contributed by atoms with Crippen LogP contribution in [0.3, 0.4) is 0 Å². The fourth-order valence-electron chi connectivity index (χ4n) is 3.96. The van der Waals surface area contributed by atoms with E-state index >= 15 is 0 Å². The van der Waals surface area contributed by atoms with Crippen molar-refractivity contribution in [3.05, 3.63) is 33.8 Å². The Bertz CT molecular complexity index is 624. The van der Waals surface area contributed by atoms with Gasteiger partial charge in [0, 0.05) is 22.1 Å². The second kappa shape index (κ2) is 7.48. The molecule has 0 aliphatic heterocycles. The molecule has 1 fully saturated rings. The average Bonchev–Trinajstić information content (AvgIpc) is 2.83. The Morgan fingerprint density at radius 1 is 1.38 bits per heavy atom. The van der Waals surface area contributed by atoms with Crippen molar-refractivity contribution in [2.75, 3.05) is 6.61 Å². The van der Waals surface area contributed by atoms with Gasteiger partial charge in [-0.2, -0.15) is 0 Å². The predicted molar refractivity (Wildman–Crippen MR) is 104 cm³/mol. The van der Waals surface area contributed by atoms with Crippen LogP contribution in [-0.2, 0) is 22.5 Å². The summed E-state index contributed by atoms with van der Waals surface area (Å²) in [6.45, 7) is 6.78. The lowest BCUT2D eigenvalue weighted by Crippen LogP contribution is -2.37. The van der Waals surface area contributed by atoms with E-state index < -0.39 is 11.4 Å². The normalized spacial score (nSPS) is 29.4. The zero-order valence-corrected chi connectivity index (χ0v) is 17.1. The van der Waals surface area contributed by atoms with Crippen molar-refractivity contribution in [2.45, 2.75) is 64.2 Å². The number of hydrogen-bond donors (Lipinski definition) is 0. The number of hydrogen-bond acceptors (Lipinski definition) is 3. The Morgan fingerprint density at radius 3 is 2.71 bits per heavy atom. The summed E-state index contributed by atoms with van der Waals surface area (Å²) in [5.74, 6) is 0. The van der Waals surface area contributed by atoms with Crippen LogP contribution < -0.4 is 0 Å². The molecule has 0 radical (unpaired) electrons. The van der Waals surface area contributed by atoms with Crippen LogP contribution in [0.15, 0.2) is 27.1 Å². The van der Waals surface area contributed by atoms with Gasteiger partial charge in [0.25, 0.3) is 0 Å². The van der Waals surface area contributed by atoms with Crippen molar-refractivity contribution in [3.8, 4) is 0 Å². The van der Waals surface area contributed by atoms with Crippen LogP contribution in [0.2, 0.25) is 0 Å². The van der Waals surface area contributed by atoms with Crippen LogP contribution in [0.4, 0.5) is 0 Å². The fraction of sp³-hybridized carbons (Fsp3) is 0.632. The van der Waals surface area contributed by atoms with E-state index in [1.165, 1.54) is 11.1 Å². The van der Waals surface area contributed by atoms with E-state index in [9.17, 15) is 4.55 Å². The molecule has 0 N–H and O–H groups in total. The Kier molecular flexibility index (Phi) is 5.75. The van der Waals surface area contributed by atoms with Gasteiger partial charge in [0.15, 0.2) is 0 Å². The molecule has 1 aromatic carbocycles. The first-order valence-corrected chi connectivity index (χ1v) is 10.8. The predicted octanol–water partition coefficient (Wildman–Crippen LogP) is 4.83. The molecular formula is C19H26BrNO2S. The van der Waals surface area contributed by atoms with Gasteiger partial charge in [-0.25, -0.2) is 0 Å². The second-order valence-electron chi connectivity index (χ2n) is 7.18. The monoisotopic (exact) mass is 411 g/mol. The molecule has 1 atom stereocenters. The van der Waals surface area contributed by atoms with E-state index in [4.69, 9.17) is 9.13 Å². The van der Waals surface area contributed by atoms with Crippen molar-refractivity contribution in [1.82, 2.24) is 0 Å². The van der Waals surface area contributed by atoms with Gasteiger partial charge in [0.2, 0.25) is 0 Å². The highest BCUT2D eigenvalue weighted by molar-refractivity contribution is 9.10. The zero-order valence-electron chi connectivity index (χ0n) is 14.7. The lowest BCUT2D eigenvalue weighted by Gasteiger charge is -2.37. The maximum absolute atomic E-state index is 12.5. The number of halogens is 1. The van der Waals surface area contributed by atoms with Crippen LogP contribution in [0.1, 0.15) is 57.6 Å². The second-order valence-corrected chi connectivity index (χ2v) is 9.77. The van der Waals surface area contributed by atoms with Crippen molar-refractivity contribution in [3.63, 3.8) is 0 Å². The van der Waals surface area contributed by atoms with Gasteiger partial charge >= 0.3 is 0 Å². The molecule has 1 unspecified atom stereocenters. The molecular weight excluding hydrogens is 386 g/mol. The largest absolute Gasteiger partial charge is 0.591 e. The van der Waals surface area contributed by atoms with E-state index in [2.05, 4.69) is 41.1 Å². The first kappa shape index (κ1) is 18.4. The molecule has 0 saturated heterocycles. The van der Waals surface area contributed by atoms with Crippen LogP contribution in [0.25, 0.3) is 0 Å². The van der Waals surface area contributed by atoms with Crippen molar-refractivity contribution in [2.24, 2.45) is 9.81 Å². The minimum absolute atomic E-state index is 0.0429. The number of benzene rings is 1. The summed E-state index contributed by atoms with van der Waals surface area (Å²) in [6, 6.07) is 6.44. The summed E-state index contributed by atoms with van der Waals surface area (Å²) in [6.07, 6.45) is 5.65. The van der Waals surface area contributed by atoms with Crippen LogP contribution in [-0.4, -0.2) is 28.2 Å². The highest BCUT2D eigenvalue weighted by Gasteiger charge is 2.47. The molecule has 2 aliphatic rings. The average molecular weight is 412 g/mol. The van der Waals surface area contributed by atoms with Gasteiger partial charge in [0.1, 0.15) is 11.0 Å². The van der Waals surface area contributed by atoms with E-state index in [0.717, 1.165) is 48.9 Å². The molecule has 1 aromatic rings. The molecule has 0 bridgehead atoms. The molecule has 3 nitrogen and oxygen atoms in total. The molecule has 24 heavy (non-hydrogen) atoms. The standard InChI is InChI=1S/C19H26BrNO2S/c1-4-23-16-7-9-19(10-8-16)12-14-5-6-15(20)11-17(14)18(19)21-24(22)13(2)3/h5-6,11,13,16H,4,7-10,12H2,1-3H3/t16-,19-,24?. The topological polar surface area (TPSA) is 44.6 Å². The smallest absolute Gasteiger partial charge is 0.137 e. The molecule has 1 spiro atoms. The Balaban J connectivity index is 1.95. The SMILES string of the molecule is CCO[C@H]1CC[C@]2(CC1)Cc1ccc(Br)cc1C2=N[S+]([O-])C(C)C. The van der Waals surface area contributed by atoms with Crippen LogP contribution in [0, 0.1) is 5.41 Å². The van der Waals surface area contributed by atoms with E-state index in [1.54, 1.807) is 0 Å². The van der Waals surface area contributed by atoms with Gasteiger partial charge in [0.05, 0.1) is 17.5 Å². The van der Waals surface area contributed by atoms with Crippen molar-refractivity contribution < 1.29 is 9.29 Å². The Hall–Kier alpha value is -0.360. The third-order valence-electron chi connectivity index (χ3n) is 5.23. The maximum Gasteiger partial charge on any atom is 0.137 e. The van der Waals surface area contributed by atoms with Gasteiger partial charge < -0.3 is 9.29 Å². The number of fused-ring (bicyclic) bond motifs is 1. The Labute approximate surface area is 156 Å². The molecule has 3 rings (SSSR count). The van der Waals surface area contributed by atoms with E-state index in [0.29, 0.717) is 6.10 Å². The minimum Gasteiger partial charge on any atom is -0.591 e. The summed E-state index contributed by atoms with van der Waals surface area (Å²) >= 11 is 2.41. The molecule has 0 heterocycles. The highest BCUT2D eigenvalue weighted by Crippen LogP contribution is 2.49. The quantitative estimate of drug-likeness (QED) is 0.665. The molecule has 5 heteroatoms. The van der Waals surface area contributed by atoms with Crippen LogP contribution >= 0.6 is 15.9 Å². The summed E-state index contributed by atoms with van der Waals surface area (Å²) in [4.78, 5) is 0. The van der Waals surface area contributed by atoms with Crippen LogP contribution in [0.5, 0.6) is 0 Å². The highest BCUT2D eigenvalue weighted by atomic mass is 79.9. The lowest BCUT2D eigenvalue weighted by atomic mass is 9.70. The maximum atomic E-state index is 12.5. The van der Waals surface area contributed by atoms with E-state index in [-0.39, 0.29) is 10.7 Å². The third-order valence-corrected chi connectivity index (χ3v) is 6.90. The summed E-state index contributed by atoms with van der Waals surface area (Å²) in [5.41, 5.74) is 3.64. The number of nitrogens with zero attached hydrogens (tertiary/aromatic N) is 1. The van der Waals surface area contributed by atoms with Crippen molar-refractivity contribution in [1.29, 1.82) is 0 Å². The zero-order chi connectivity index (χ0) is 17.3. The molecule has 132 valence electrons. The number of ether oxygens (including phenoxy) is 1. The minimum atomic E-state index is -1.17. The van der Waals surface area contributed by atoms with Gasteiger partial charge in [-0.3, -0.25) is 0 Å². The summed E-state index contributed by atoms with van der Waals surface area (Å²) < 4.78 is 24.1. The Morgan fingerprint density at radius 2 is 2.08 bits per heavy atom. The van der Waals surface area contributed by atoms with Gasteiger partial charge in [-0.05, 0) is 70.6 Å². The molecule has 0 amide bonds. The summed E-state index contributed by atoms with van der Waals surface area (Å²) in [5, 5.41) is 0.0468. The molecule has 0 aromatic heterocycles. The van der Waals surface area contributed by atoms with Gasteiger partial charge in [-0.15, -0.1) is 0 Å². The first-order valence-electron chi connectivity index (χ1n) is 8.85.